The zero-order valence-electron chi connectivity index (χ0n) is 10.3. The lowest BCUT2D eigenvalue weighted by Gasteiger charge is -2.23. The fraction of sp³-hybridized carbons (Fsp3) is 0.667. The van der Waals surface area contributed by atoms with Crippen LogP contribution in [0.25, 0.3) is 0 Å². The van der Waals surface area contributed by atoms with Gasteiger partial charge in [0, 0.05) is 6.54 Å². The second kappa shape index (κ2) is 4.82. The van der Waals surface area contributed by atoms with Crippen LogP contribution in [-0.4, -0.2) is 25.0 Å². The zero-order valence-corrected chi connectivity index (χ0v) is 11.1. The van der Waals surface area contributed by atoms with Crippen molar-refractivity contribution >= 4 is 10.0 Å². The summed E-state index contributed by atoms with van der Waals surface area (Å²) >= 11 is 0. The molecule has 17 heavy (non-hydrogen) atoms. The molecule has 0 N–H and O–H groups in total. The lowest BCUT2D eigenvalue weighted by atomic mass is 10.2. The number of sulfonamides is 1. The molecule has 4 nitrogen and oxygen atoms in total. The number of hydrogen-bond donors (Lipinski definition) is 0. The van der Waals surface area contributed by atoms with Gasteiger partial charge in [-0.05, 0) is 30.9 Å². The van der Waals surface area contributed by atoms with Gasteiger partial charge in [0.1, 0.15) is 5.76 Å². The Hall–Kier alpha value is -0.810. The van der Waals surface area contributed by atoms with Gasteiger partial charge in [0.25, 0.3) is 0 Å². The van der Waals surface area contributed by atoms with Crippen molar-refractivity contribution in [3.05, 3.63) is 24.2 Å². The summed E-state index contributed by atoms with van der Waals surface area (Å²) in [5.41, 5.74) is 0. The van der Waals surface area contributed by atoms with E-state index in [1.54, 1.807) is 16.6 Å². The first-order chi connectivity index (χ1) is 8.00. The lowest BCUT2D eigenvalue weighted by Crippen LogP contribution is -2.33. The molecular weight excluding hydrogens is 238 g/mol. The maximum atomic E-state index is 12.2. The summed E-state index contributed by atoms with van der Waals surface area (Å²) in [5.74, 6) is 1.12. The van der Waals surface area contributed by atoms with Gasteiger partial charge in [0.2, 0.25) is 10.0 Å². The molecule has 0 saturated carbocycles. The van der Waals surface area contributed by atoms with Crippen LogP contribution < -0.4 is 0 Å². The molecule has 2 heterocycles. The lowest BCUT2D eigenvalue weighted by molar-refractivity contribution is 0.338. The van der Waals surface area contributed by atoms with E-state index >= 15 is 0 Å². The van der Waals surface area contributed by atoms with Crippen LogP contribution >= 0.6 is 0 Å². The molecule has 0 aromatic carbocycles. The summed E-state index contributed by atoms with van der Waals surface area (Å²) < 4.78 is 31.4. The molecule has 0 unspecified atom stereocenters. The SMILES string of the molecule is CC(C)CS(=O)(=O)N1CCC[C@@H]1c1ccco1. The van der Waals surface area contributed by atoms with Crippen LogP contribution in [0.4, 0.5) is 0 Å². The number of hydrogen-bond acceptors (Lipinski definition) is 3. The highest BCUT2D eigenvalue weighted by atomic mass is 32.2. The topological polar surface area (TPSA) is 50.5 Å². The van der Waals surface area contributed by atoms with Crippen molar-refractivity contribution in [1.82, 2.24) is 4.31 Å². The van der Waals surface area contributed by atoms with Gasteiger partial charge >= 0.3 is 0 Å². The molecule has 0 radical (unpaired) electrons. The molecule has 2 rings (SSSR count). The summed E-state index contributed by atoms with van der Waals surface area (Å²) in [5, 5.41) is 0. The quantitative estimate of drug-likeness (QED) is 0.832. The van der Waals surface area contributed by atoms with E-state index in [1.165, 1.54) is 0 Å². The normalized spacial score (nSPS) is 22.4. The zero-order chi connectivity index (χ0) is 12.5. The highest BCUT2D eigenvalue weighted by Crippen LogP contribution is 2.34. The van der Waals surface area contributed by atoms with Crippen LogP contribution in [0.5, 0.6) is 0 Å². The summed E-state index contributed by atoms with van der Waals surface area (Å²) in [4.78, 5) is 0. The van der Waals surface area contributed by atoms with Crippen molar-refractivity contribution in [2.75, 3.05) is 12.3 Å². The third-order valence-electron chi connectivity index (χ3n) is 2.98. The van der Waals surface area contributed by atoms with E-state index in [0.717, 1.165) is 18.6 Å². The molecule has 0 spiro atoms. The highest BCUT2D eigenvalue weighted by molar-refractivity contribution is 7.89. The van der Waals surface area contributed by atoms with Gasteiger partial charge in [-0.15, -0.1) is 0 Å². The Balaban J connectivity index is 2.20. The van der Waals surface area contributed by atoms with Crippen LogP contribution in [0.3, 0.4) is 0 Å². The average Bonchev–Trinajstić information content (AvgIpc) is 2.86. The van der Waals surface area contributed by atoms with E-state index in [-0.39, 0.29) is 17.7 Å². The van der Waals surface area contributed by atoms with Gasteiger partial charge in [-0.1, -0.05) is 13.8 Å². The molecule has 1 aliphatic heterocycles. The van der Waals surface area contributed by atoms with E-state index in [1.807, 2.05) is 19.9 Å². The third kappa shape index (κ3) is 2.72. The second-order valence-corrected chi connectivity index (χ2v) is 6.92. The van der Waals surface area contributed by atoms with Crippen LogP contribution in [-0.2, 0) is 10.0 Å². The summed E-state index contributed by atoms with van der Waals surface area (Å²) in [6.07, 6.45) is 3.36. The third-order valence-corrected chi connectivity index (χ3v) is 5.22. The van der Waals surface area contributed by atoms with Crippen molar-refractivity contribution in [1.29, 1.82) is 0 Å². The van der Waals surface area contributed by atoms with Crippen LogP contribution in [0, 0.1) is 5.92 Å². The fourth-order valence-corrected chi connectivity index (χ4v) is 4.39. The standard InChI is InChI=1S/C12H19NO3S/c1-10(2)9-17(14,15)13-7-3-5-11(13)12-6-4-8-16-12/h4,6,8,10-11H,3,5,7,9H2,1-2H3/t11-/m1/s1. The van der Waals surface area contributed by atoms with Crippen LogP contribution in [0.2, 0.25) is 0 Å². The largest absolute Gasteiger partial charge is 0.468 e. The van der Waals surface area contributed by atoms with Gasteiger partial charge in [0.05, 0.1) is 18.1 Å². The maximum Gasteiger partial charge on any atom is 0.215 e. The van der Waals surface area contributed by atoms with Gasteiger partial charge in [-0.2, -0.15) is 4.31 Å². The van der Waals surface area contributed by atoms with Crippen molar-refractivity contribution in [2.24, 2.45) is 5.92 Å². The smallest absolute Gasteiger partial charge is 0.215 e. The summed E-state index contributed by atoms with van der Waals surface area (Å²) in [6, 6.07) is 3.56. The molecule has 0 bridgehead atoms. The minimum Gasteiger partial charge on any atom is -0.468 e. The van der Waals surface area contributed by atoms with Gasteiger partial charge in [-0.25, -0.2) is 8.42 Å². The average molecular weight is 257 g/mol. The summed E-state index contributed by atoms with van der Waals surface area (Å²) in [6.45, 7) is 4.46. The van der Waals surface area contributed by atoms with Crippen LogP contribution in [0.1, 0.15) is 38.5 Å². The van der Waals surface area contributed by atoms with Gasteiger partial charge in [-0.3, -0.25) is 0 Å². The van der Waals surface area contributed by atoms with E-state index < -0.39 is 10.0 Å². The molecule has 96 valence electrons. The molecular formula is C12H19NO3S. The monoisotopic (exact) mass is 257 g/mol. The van der Waals surface area contributed by atoms with Crippen molar-refractivity contribution in [3.8, 4) is 0 Å². The van der Waals surface area contributed by atoms with Gasteiger partial charge in [0.15, 0.2) is 0 Å². The Kier molecular flexibility index (Phi) is 3.58. The first-order valence-corrected chi connectivity index (χ1v) is 7.64. The molecule has 1 aromatic heterocycles. The molecule has 0 amide bonds. The highest BCUT2D eigenvalue weighted by Gasteiger charge is 2.36. The van der Waals surface area contributed by atoms with E-state index in [2.05, 4.69) is 0 Å². The van der Waals surface area contributed by atoms with Crippen molar-refractivity contribution < 1.29 is 12.8 Å². The molecule has 1 aromatic rings. The second-order valence-electron chi connectivity index (χ2n) is 4.96. The Labute approximate surface area is 103 Å². The number of rotatable bonds is 4. The molecule has 5 heteroatoms. The first-order valence-electron chi connectivity index (χ1n) is 6.03. The summed E-state index contributed by atoms with van der Waals surface area (Å²) in [7, 11) is -3.16. The Morgan fingerprint density at radius 3 is 2.88 bits per heavy atom. The predicted molar refractivity (Wildman–Crippen MR) is 66.0 cm³/mol. The van der Waals surface area contributed by atoms with E-state index in [4.69, 9.17) is 4.42 Å². The van der Waals surface area contributed by atoms with Gasteiger partial charge < -0.3 is 4.42 Å². The Morgan fingerprint density at radius 1 is 1.53 bits per heavy atom. The van der Waals surface area contributed by atoms with Crippen LogP contribution in [0.15, 0.2) is 22.8 Å². The minimum absolute atomic E-state index is 0.103. The van der Waals surface area contributed by atoms with Crippen molar-refractivity contribution in [3.63, 3.8) is 0 Å². The fourth-order valence-electron chi connectivity index (χ4n) is 2.36. The molecule has 1 atom stereocenters. The predicted octanol–water partition coefficient (Wildman–Crippen LogP) is 2.40. The molecule has 0 aliphatic carbocycles. The molecule has 1 saturated heterocycles. The molecule has 1 aliphatic rings. The number of furan rings is 1. The van der Waals surface area contributed by atoms with Crippen molar-refractivity contribution in [2.45, 2.75) is 32.7 Å². The minimum atomic E-state index is -3.16. The van der Waals surface area contributed by atoms with E-state index in [9.17, 15) is 8.42 Å². The number of nitrogens with zero attached hydrogens (tertiary/aromatic N) is 1. The Bertz CT molecular complexity index is 450. The molecule has 1 fully saturated rings. The maximum absolute atomic E-state index is 12.2. The Morgan fingerprint density at radius 2 is 2.29 bits per heavy atom. The van der Waals surface area contributed by atoms with E-state index in [0.29, 0.717) is 6.54 Å². The first kappa shape index (κ1) is 12.6.